The van der Waals surface area contributed by atoms with E-state index in [1.165, 1.54) is 18.9 Å². The Balaban J connectivity index is 1.93. The smallest absolute Gasteiger partial charge is 0.165 e. The van der Waals surface area contributed by atoms with E-state index >= 15 is 0 Å². The van der Waals surface area contributed by atoms with E-state index in [2.05, 4.69) is 10.2 Å². The number of ether oxygens (including phenoxy) is 1. The Bertz CT molecular complexity index is 442. The summed E-state index contributed by atoms with van der Waals surface area (Å²) in [5.74, 6) is 0.840. The monoisotopic (exact) mass is 264 g/mol. The average Bonchev–Trinajstić information content (AvgIpc) is 3.25. The molecular formula is C15H21FN2O. The highest BCUT2D eigenvalue weighted by molar-refractivity contribution is 5.38. The number of halogens is 1. The highest BCUT2D eigenvalue weighted by Gasteiger charge is 2.38. The van der Waals surface area contributed by atoms with Gasteiger partial charge in [-0.1, -0.05) is 12.1 Å². The van der Waals surface area contributed by atoms with Crippen LogP contribution in [0.5, 0.6) is 5.75 Å². The van der Waals surface area contributed by atoms with Gasteiger partial charge in [0.05, 0.1) is 7.11 Å². The van der Waals surface area contributed by atoms with Gasteiger partial charge in [-0.2, -0.15) is 0 Å². The molecule has 3 rings (SSSR count). The van der Waals surface area contributed by atoms with E-state index in [1.54, 1.807) is 13.2 Å². The van der Waals surface area contributed by atoms with Crippen molar-refractivity contribution in [3.05, 3.63) is 29.6 Å². The number of piperazine rings is 1. The lowest BCUT2D eigenvalue weighted by molar-refractivity contribution is 0.153. The van der Waals surface area contributed by atoms with E-state index in [0.717, 1.165) is 31.7 Å². The van der Waals surface area contributed by atoms with Crippen LogP contribution in [-0.4, -0.2) is 38.2 Å². The molecule has 1 saturated heterocycles. The van der Waals surface area contributed by atoms with E-state index in [1.807, 2.05) is 6.07 Å². The Morgan fingerprint density at radius 3 is 2.68 bits per heavy atom. The van der Waals surface area contributed by atoms with Crippen molar-refractivity contribution in [3.8, 4) is 5.75 Å². The van der Waals surface area contributed by atoms with Crippen molar-refractivity contribution in [2.75, 3.05) is 33.3 Å². The fraction of sp³-hybridized carbons (Fsp3) is 0.600. The molecule has 4 heteroatoms. The van der Waals surface area contributed by atoms with Gasteiger partial charge in [-0.3, -0.25) is 4.90 Å². The molecule has 0 unspecified atom stereocenters. The maximum Gasteiger partial charge on any atom is 0.165 e. The summed E-state index contributed by atoms with van der Waals surface area (Å²) in [5, 5.41) is 3.37. The van der Waals surface area contributed by atoms with Gasteiger partial charge in [-0.15, -0.1) is 0 Å². The molecule has 2 fully saturated rings. The molecule has 1 aromatic carbocycles. The van der Waals surface area contributed by atoms with E-state index in [0.29, 0.717) is 17.7 Å². The molecule has 1 aliphatic heterocycles. The summed E-state index contributed by atoms with van der Waals surface area (Å²) in [7, 11) is 1.56. The molecule has 1 saturated carbocycles. The summed E-state index contributed by atoms with van der Waals surface area (Å²) in [6.07, 6.45) is 2.49. The van der Waals surface area contributed by atoms with E-state index < -0.39 is 0 Å². The second-order valence-electron chi connectivity index (χ2n) is 5.43. The Labute approximate surface area is 113 Å². The summed E-state index contributed by atoms with van der Waals surface area (Å²) in [6.45, 7) is 4.09. The van der Waals surface area contributed by atoms with Crippen molar-refractivity contribution in [3.63, 3.8) is 0 Å². The molecule has 0 amide bonds. The molecule has 0 radical (unpaired) electrons. The zero-order valence-corrected chi connectivity index (χ0v) is 11.4. The van der Waals surface area contributed by atoms with E-state index in [4.69, 9.17) is 4.74 Å². The summed E-state index contributed by atoms with van der Waals surface area (Å²) in [5.41, 5.74) is 1.02. The predicted octanol–water partition coefficient (Wildman–Crippen LogP) is 2.19. The number of hydrogen-bond donors (Lipinski definition) is 1. The third kappa shape index (κ3) is 2.60. The number of hydrogen-bond acceptors (Lipinski definition) is 3. The highest BCUT2D eigenvalue weighted by Crippen LogP contribution is 2.47. The van der Waals surface area contributed by atoms with Crippen LogP contribution in [0.1, 0.15) is 24.4 Å². The van der Waals surface area contributed by atoms with Crippen molar-refractivity contribution < 1.29 is 9.13 Å². The number of rotatable bonds is 4. The van der Waals surface area contributed by atoms with Crippen LogP contribution in [0.4, 0.5) is 4.39 Å². The third-order valence-electron chi connectivity index (χ3n) is 4.13. The lowest BCUT2D eigenvalue weighted by atomic mass is 9.98. The zero-order chi connectivity index (χ0) is 13.2. The molecule has 1 heterocycles. The van der Waals surface area contributed by atoms with Gasteiger partial charge < -0.3 is 10.1 Å². The second kappa shape index (κ2) is 5.47. The van der Waals surface area contributed by atoms with Crippen molar-refractivity contribution >= 4 is 0 Å². The lowest BCUT2D eigenvalue weighted by Crippen LogP contribution is -2.45. The second-order valence-corrected chi connectivity index (χ2v) is 5.43. The van der Waals surface area contributed by atoms with Crippen molar-refractivity contribution in [1.29, 1.82) is 0 Å². The SMILES string of the molecule is COc1c(F)cccc1[C@@H](C1CC1)N1CCNCC1. The third-order valence-corrected chi connectivity index (χ3v) is 4.13. The first kappa shape index (κ1) is 12.9. The number of para-hydroxylation sites is 1. The first-order valence-electron chi connectivity index (χ1n) is 7.08. The Morgan fingerprint density at radius 1 is 1.32 bits per heavy atom. The number of benzene rings is 1. The standard InChI is InChI=1S/C15H21FN2O/c1-19-15-12(3-2-4-13(15)16)14(11-5-6-11)18-9-7-17-8-10-18/h2-4,11,14,17H,5-10H2,1H3/t14-/m1/s1. The van der Waals surface area contributed by atoms with Crippen molar-refractivity contribution in [2.24, 2.45) is 5.92 Å². The topological polar surface area (TPSA) is 24.5 Å². The van der Waals surface area contributed by atoms with Crippen molar-refractivity contribution in [2.45, 2.75) is 18.9 Å². The molecule has 0 spiro atoms. The first-order chi connectivity index (χ1) is 9.31. The molecule has 1 N–H and O–H groups in total. The largest absolute Gasteiger partial charge is 0.493 e. The van der Waals surface area contributed by atoms with Gasteiger partial charge in [0.2, 0.25) is 0 Å². The predicted molar refractivity (Wildman–Crippen MR) is 72.9 cm³/mol. The number of methoxy groups -OCH3 is 1. The molecular weight excluding hydrogens is 243 g/mol. The summed E-state index contributed by atoms with van der Waals surface area (Å²) in [6, 6.07) is 5.61. The normalized spacial score (nSPS) is 22.2. The molecule has 1 aromatic rings. The van der Waals surface area contributed by atoms with Gasteiger partial charge in [-0.05, 0) is 24.8 Å². The van der Waals surface area contributed by atoms with Crippen LogP contribution in [-0.2, 0) is 0 Å². The van der Waals surface area contributed by atoms with Crippen molar-refractivity contribution in [1.82, 2.24) is 10.2 Å². The molecule has 104 valence electrons. The summed E-state index contributed by atoms with van der Waals surface area (Å²) >= 11 is 0. The molecule has 1 atom stereocenters. The van der Waals surface area contributed by atoms with Gasteiger partial charge in [0.15, 0.2) is 11.6 Å². The maximum atomic E-state index is 13.9. The minimum atomic E-state index is -0.249. The van der Waals surface area contributed by atoms with Gasteiger partial charge >= 0.3 is 0 Å². The molecule has 19 heavy (non-hydrogen) atoms. The van der Waals surface area contributed by atoms with Gasteiger partial charge in [0.1, 0.15) is 0 Å². The van der Waals surface area contributed by atoms with Gasteiger partial charge in [-0.25, -0.2) is 4.39 Å². The van der Waals surface area contributed by atoms with Crippen LogP contribution >= 0.6 is 0 Å². The fourth-order valence-electron chi connectivity index (χ4n) is 3.09. The Kier molecular flexibility index (Phi) is 3.71. The molecule has 1 aliphatic carbocycles. The summed E-state index contributed by atoms with van der Waals surface area (Å²) in [4.78, 5) is 2.48. The van der Waals surface area contributed by atoms with Gasteiger partial charge in [0.25, 0.3) is 0 Å². The summed E-state index contributed by atoms with van der Waals surface area (Å²) < 4.78 is 19.2. The fourth-order valence-corrected chi connectivity index (χ4v) is 3.09. The van der Waals surface area contributed by atoms with Crippen LogP contribution in [0.3, 0.4) is 0 Å². The van der Waals surface area contributed by atoms with Crippen LogP contribution in [0.25, 0.3) is 0 Å². The molecule has 0 bridgehead atoms. The first-order valence-corrected chi connectivity index (χ1v) is 7.08. The molecule has 3 nitrogen and oxygen atoms in total. The van der Waals surface area contributed by atoms with Gasteiger partial charge in [0, 0.05) is 37.8 Å². The van der Waals surface area contributed by atoms with E-state index in [9.17, 15) is 4.39 Å². The zero-order valence-electron chi connectivity index (χ0n) is 11.4. The maximum absolute atomic E-state index is 13.9. The Morgan fingerprint density at radius 2 is 2.05 bits per heavy atom. The number of nitrogens with one attached hydrogen (secondary N) is 1. The minimum absolute atomic E-state index is 0.249. The quantitative estimate of drug-likeness (QED) is 0.902. The average molecular weight is 264 g/mol. The lowest BCUT2D eigenvalue weighted by Gasteiger charge is -2.36. The Hall–Kier alpha value is -1.13. The molecule has 2 aliphatic rings. The number of nitrogens with zero attached hydrogens (tertiary/aromatic N) is 1. The van der Waals surface area contributed by atoms with E-state index in [-0.39, 0.29) is 5.82 Å². The van der Waals surface area contributed by atoms with Crippen LogP contribution in [0.2, 0.25) is 0 Å². The minimum Gasteiger partial charge on any atom is -0.493 e. The van der Waals surface area contributed by atoms with Crippen LogP contribution in [0.15, 0.2) is 18.2 Å². The molecule has 0 aromatic heterocycles. The van der Waals surface area contributed by atoms with Crippen LogP contribution < -0.4 is 10.1 Å². The highest BCUT2D eigenvalue weighted by atomic mass is 19.1. The van der Waals surface area contributed by atoms with Crippen LogP contribution in [0, 0.1) is 11.7 Å².